The highest BCUT2D eigenvalue weighted by atomic mass is 19.1. The Bertz CT molecular complexity index is 941. The lowest BCUT2D eigenvalue weighted by atomic mass is 10.2. The number of halogens is 1. The Hall–Kier alpha value is -3.48. The van der Waals surface area contributed by atoms with Crippen molar-refractivity contribution in [1.29, 1.82) is 0 Å². The molecule has 0 saturated carbocycles. The number of anilines is 3. The summed E-state index contributed by atoms with van der Waals surface area (Å²) in [5.74, 6) is 0.804. The van der Waals surface area contributed by atoms with Gasteiger partial charge in [0.2, 0.25) is 0 Å². The van der Waals surface area contributed by atoms with E-state index in [0.717, 1.165) is 37.8 Å². The summed E-state index contributed by atoms with van der Waals surface area (Å²) < 4.78 is 13.7. The van der Waals surface area contributed by atoms with Crippen molar-refractivity contribution >= 4 is 23.2 Å². The lowest BCUT2D eigenvalue weighted by Gasteiger charge is -2.36. The van der Waals surface area contributed by atoms with E-state index in [2.05, 4.69) is 25.1 Å². The van der Waals surface area contributed by atoms with Crippen LogP contribution >= 0.6 is 0 Å². The number of hydrogen-bond acceptors (Lipinski definition) is 5. The minimum atomic E-state index is -0.546. The summed E-state index contributed by atoms with van der Waals surface area (Å²) in [6, 6.07) is 15.5. The van der Waals surface area contributed by atoms with Gasteiger partial charge in [0.05, 0.1) is 17.4 Å². The average molecular weight is 377 g/mol. The lowest BCUT2D eigenvalue weighted by molar-refractivity contribution is 0.102. The fourth-order valence-electron chi connectivity index (χ4n) is 3.20. The molecule has 4 rings (SSSR count). The minimum absolute atomic E-state index is 0.0113. The second kappa shape index (κ2) is 8.04. The fraction of sp³-hybridized carbons (Fsp3) is 0.190. The molecule has 1 fully saturated rings. The second-order valence-electron chi connectivity index (χ2n) is 6.50. The molecule has 3 aromatic rings. The van der Waals surface area contributed by atoms with Gasteiger partial charge in [0.1, 0.15) is 17.5 Å². The van der Waals surface area contributed by atoms with Gasteiger partial charge in [0, 0.05) is 32.4 Å². The van der Waals surface area contributed by atoms with E-state index >= 15 is 0 Å². The Morgan fingerprint density at radius 3 is 2.14 bits per heavy atom. The van der Waals surface area contributed by atoms with Crippen molar-refractivity contribution in [2.24, 2.45) is 0 Å². The average Bonchev–Trinajstić information content (AvgIpc) is 2.75. The Morgan fingerprint density at radius 1 is 0.857 bits per heavy atom. The Morgan fingerprint density at radius 2 is 1.54 bits per heavy atom. The molecule has 142 valence electrons. The van der Waals surface area contributed by atoms with E-state index in [1.807, 2.05) is 24.3 Å². The first-order valence-corrected chi connectivity index (χ1v) is 9.13. The number of amides is 1. The molecule has 1 amide bonds. The van der Waals surface area contributed by atoms with Crippen LogP contribution < -0.4 is 15.1 Å². The third-order valence-electron chi connectivity index (χ3n) is 4.70. The first kappa shape index (κ1) is 17.9. The summed E-state index contributed by atoms with van der Waals surface area (Å²) in [5.41, 5.74) is 0.543. The number of nitrogens with one attached hydrogen (secondary N) is 1. The molecule has 1 saturated heterocycles. The van der Waals surface area contributed by atoms with Gasteiger partial charge in [-0.1, -0.05) is 18.2 Å². The van der Waals surface area contributed by atoms with Crippen LogP contribution in [-0.2, 0) is 0 Å². The molecule has 1 aliphatic heterocycles. The lowest BCUT2D eigenvalue weighted by Crippen LogP contribution is -2.47. The predicted octanol–water partition coefficient (Wildman–Crippen LogP) is 3.19. The van der Waals surface area contributed by atoms with Crippen molar-refractivity contribution in [1.82, 2.24) is 9.97 Å². The number of nitrogens with zero attached hydrogens (tertiary/aromatic N) is 4. The normalized spacial score (nSPS) is 14.0. The van der Waals surface area contributed by atoms with Crippen LogP contribution in [0.15, 0.2) is 67.0 Å². The monoisotopic (exact) mass is 377 g/mol. The van der Waals surface area contributed by atoms with Gasteiger partial charge < -0.3 is 15.1 Å². The van der Waals surface area contributed by atoms with Crippen molar-refractivity contribution in [2.75, 3.05) is 41.3 Å². The molecular weight excluding hydrogens is 357 g/mol. The van der Waals surface area contributed by atoms with E-state index in [4.69, 9.17) is 0 Å². The molecular formula is C21H20FN5O. The van der Waals surface area contributed by atoms with Crippen molar-refractivity contribution in [3.63, 3.8) is 0 Å². The molecule has 2 aromatic heterocycles. The molecule has 1 aliphatic rings. The quantitative estimate of drug-likeness (QED) is 0.757. The zero-order valence-electron chi connectivity index (χ0n) is 15.3. The first-order chi connectivity index (χ1) is 13.7. The summed E-state index contributed by atoms with van der Waals surface area (Å²) in [6.45, 7) is 3.41. The first-order valence-electron chi connectivity index (χ1n) is 9.13. The van der Waals surface area contributed by atoms with E-state index in [-0.39, 0.29) is 5.56 Å². The highest BCUT2D eigenvalue weighted by Gasteiger charge is 2.19. The van der Waals surface area contributed by atoms with Gasteiger partial charge in [-0.2, -0.15) is 0 Å². The molecule has 1 N–H and O–H groups in total. The van der Waals surface area contributed by atoms with E-state index in [0.29, 0.717) is 5.69 Å². The summed E-state index contributed by atoms with van der Waals surface area (Å²) in [7, 11) is 0. The number of rotatable bonds is 4. The molecule has 1 aromatic carbocycles. The van der Waals surface area contributed by atoms with Crippen LogP contribution in [0, 0.1) is 5.82 Å². The van der Waals surface area contributed by atoms with Crippen LogP contribution in [0.5, 0.6) is 0 Å². The van der Waals surface area contributed by atoms with Crippen LogP contribution in [0.1, 0.15) is 10.4 Å². The summed E-state index contributed by atoms with van der Waals surface area (Å²) >= 11 is 0. The zero-order chi connectivity index (χ0) is 19.3. The molecule has 28 heavy (non-hydrogen) atoms. The molecule has 3 heterocycles. The maximum absolute atomic E-state index is 13.7. The van der Waals surface area contributed by atoms with Crippen molar-refractivity contribution < 1.29 is 9.18 Å². The number of piperazine rings is 1. The maximum atomic E-state index is 13.7. The number of pyridine rings is 2. The molecule has 7 heteroatoms. The summed E-state index contributed by atoms with van der Waals surface area (Å²) in [6.07, 6.45) is 3.40. The van der Waals surface area contributed by atoms with Crippen molar-refractivity contribution in [3.8, 4) is 0 Å². The molecule has 0 aliphatic carbocycles. The van der Waals surface area contributed by atoms with Gasteiger partial charge in [0.15, 0.2) is 0 Å². The number of benzene rings is 1. The second-order valence-corrected chi connectivity index (χ2v) is 6.50. The van der Waals surface area contributed by atoms with Gasteiger partial charge >= 0.3 is 0 Å². The Labute approximate surface area is 162 Å². The molecule has 0 atom stereocenters. The highest BCUT2D eigenvalue weighted by molar-refractivity contribution is 6.04. The van der Waals surface area contributed by atoms with E-state index in [9.17, 15) is 9.18 Å². The molecule has 0 bridgehead atoms. The number of aromatic nitrogens is 2. The topological polar surface area (TPSA) is 61.4 Å². The predicted molar refractivity (Wildman–Crippen MR) is 107 cm³/mol. The molecule has 0 spiro atoms. The maximum Gasteiger partial charge on any atom is 0.258 e. The van der Waals surface area contributed by atoms with Crippen LogP contribution in [-0.4, -0.2) is 42.1 Å². The summed E-state index contributed by atoms with van der Waals surface area (Å²) in [5, 5.41) is 2.68. The van der Waals surface area contributed by atoms with Gasteiger partial charge in [-0.15, -0.1) is 0 Å². The van der Waals surface area contributed by atoms with Gasteiger partial charge in [-0.05, 0) is 36.4 Å². The number of carbonyl (C=O) groups is 1. The van der Waals surface area contributed by atoms with Crippen LogP contribution in [0.4, 0.5) is 21.7 Å². The molecule has 0 unspecified atom stereocenters. The van der Waals surface area contributed by atoms with Crippen LogP contribution in [0.25, 0.3) is 0 Å². The Balaban J connectivity index is 1.36. The van der Waals surface area contributed by atoms with Gasteiger partial charge in [0.25, 0.3) is 5.91 Å². The van der Waals surface area contributed by atoms with Crippen LogP contribution in [0.3, 0.4) is 0 Å². The number of hydrogen-bond donors (Lipinski definition) is 1. The number of carbonyl (C=O) groups excluding carboxylic acids is 1. The smallest absolute Gasteiger partial charge is 0.258 e. The standard InChI is InChI=1S/C21H20FN5O/c22-18-6-2-1-5-17(18)21(28)25-16-8-9-20(24-15-16)27-13-11-26(12-14-27)19-7-3-4-10-23-19/h1-10,15H,11-14H2,(H,25,28). The van der Waals surface area contributed by atoms with E-state index in [1.54, 1.807) is 30.6 Å². The summed E-state index contributed by atoms with van der Waals surface area (Å²) in [4.78, 5) is 25.5. The SMILES string of the molecule is O=C(Nc1ccc(N2CCN(c3ccccn3)CC2)nc1)c1ccccc1F. The zero-order valence-corrected chi connectivity index (χ0v) is 15.3. The molecule has 6 nitrogen and oxygen atoms in total. The fourth-order valence-corrected chi connectivity index (χ4v) is 3.20. The Kier molecular flexibility index (Phi) is 5.14. The van der Waals surface area contributed by atoms with Crippen LogP contribution in [0.2, 0.25) is 0 Å². The minimum Gasteiger partial charge on any atom is -0.353 e. The van der Waals surface area contributed by atoms with E-state index < -0.39 is 11.7 Å². The van der Waals surface area contributed by atoms with Crippen molar-refractivity contribution in [3.05, 3.63) is 78.4 Å². The third-order valence-corrected chi connectivity index (χ3v) is 4.70. The highest BCUT2D eigenvalue weighted by Crippen LogP contribution is 2.19. The van der Waals surface area contributed by atoms with E-state index in [1.165, 1.54) is 12.1 Å². The van der Waals surface area contributed by atoms with Gasteiger partial charge in [-0.3, -0.25) is 4.79 Å². The van der Waals surface area contributed by atoms with Crippen molar-refractivity contribution in [2.45, 2.75) is 0 Å². The molecule has 0 radical (unpaired) electrons. The van der Waals surface area contributed by atoms with Gasteiger partial charge in [-0.25, -0.2) is 14.4 Å². The third kappa shape index (κ3) is 3.93. The largest absolute Gasteiger partial charge is 0.353 e.